The lowest BCUT2D eigenvalue weighted by Crippen LogP contribution is -2.69. The van der Waals surface area contributed by atoms with Crippen LogP contribution in [0.25, 0.3) is 0 Å². The molecule has 0 aromatic rings. The third kappa shape index (κ3) is 3.08. The number of Topliss-reactive ketones (excluding diaryl/α,β-unsaturated/α-hetero) is 2. The molecular formula is C31H48O6. The van der Waals surface area contributed by atoms with Crippen molar-refractivity contribution in [2.24, 2.45) is 38.9 Å². The predicted molar refractivity (Wildman–Crippen MR) is 141 cm³/mol. The Bertz CT molecular complexity index is 1070. The average Bonchev–Trinajstić information content (AvgIpc) is 3.25. The van der Waals surface area contributed by atoms with Crippen LogP contribution < -0.4 is 0 Å². The van der Waals surface area contributed by atoms with Gasteiger partial charge in [0.1, 0.15) is 11.9 Å². The first-order valence-electron chi connectivity index (χ1n) is 14.3. The molecule has 1 saturated heterocycles. The maximum atomic E-state index is 14.5. The van der Waals surface area contributed by atoms with Gasteiger partial charge in [0, 0.05) is 23.2 Å². The summed E-state index contributed by atoms with van der Waals surface area (Å²) in [7, 11) is 0. The van der Waals surface area contributed by atoms with Crippen molar-refractivity contribution >= 4 is 11.6 Å². The number of aliphatic hydroxyl groups is 3. The van der Waals surface area contributed by atoms with Crippen LogP contribution in [0.3, 0.4) is 0 Å². The van der Waals surface area contributed by atoms with Crippen molar-refractivity contribution in [3.05, 3.63) is 11.6 Å². The highest BCUT2D eigenvalue weighted by Crippen LogP contribution is 2.79. The van der Waals surface area contributed by atoms with E-state index in [9.17, 15) is 24.9 Å². The maximum absolute atomic E-state index is 14.5. The third-order valence-corrected chi connectivity index (χ3v) is 13.1. The first-order chi connectivity index (χ1) is 16.7. The average molecular weight is 517 g/mol. The number of carbonyl (C=O) groups excluding carboxylic acids is 2. The molecule has 0 aromatic carbocycles. The lowest BCUT2D eigenvalue weighted by Gasteiger charge is -2.70. The lowest BCUT2D eigenvalue weighted by atomic mass is 9.33. The van der Waals surface area contributed by atoms with Crippen molar-refractivity contribution in [3.8, 4) is 0 Å². The van der Waals surface area contributed by atoms with Gasteiger partial charge >= 0.3 is 0 Å². The minimum Gasteiger partial charge on any atom is -0.393 e. The van der Waals surface area contributed by atoms with Crippen molar-refractivity contribution in [1.29, 1.82) is 0 Å². The summed E-state index contributed by atoms with van der Waals surface area (Å²) >= 11 is 0. The van der Waals surface area contributed by atoms with E-state index in [1.807, 2.05) is 13.8 Å². The summed E-state index contributed by atoms with van der Waals surface area (Å²) in [6.07, 6.45) is 3.45. The van der Waals surface area contributed by atoms with Gasteiger partial charge in [0.25, 0.3) is 0 Å². The molecule has 5 aliphatic rings. The highest BCUT2D eigenvalue weighted by molar-refractivity contribution is 5.95. The molecule has 37 heavy (non-hydrogen) atoms. The van der Waals surface area contributed by atoms with Crippen LogP contribution in [0.5, 0.6) is 0 Å². The van der Waals surface area contributed by atoms with Gasteiger partial charge in [-0.05, 0) is 88.9 Å². The molecule has 3 N–H and O–H groups in total. The van der Waals surface area contributed by atoms with Gasteiger partial charge in [0.15, 0.2) is 5.78 Å². The molecule has 4 aliphatic carbocycles. The van der Waals surface area contributed by atoms with Crippen LogP contribution in [-0.4, -0.2) is 56.4 Å². The Kier molecular flexibility index (Phi) is 5.61. The summed E-state index contributed by atoms with van der Waals surface area (Å²) in [5.74, 6) is -0.451. The minimum absolute atomic E-state index is 0.162. The molecular weight excluding hydrogens is 468 g/mol. The number of allylic oxidation sites excluding steroid dienone is 2. The van der Waals surface area contributed by atoms with E-state index in [1.165, 1.54) is 0 Å². The van der Waals surface area contributed by atoms with Crippen LogP contribution in [0.15, 0.2) is 11.6 Å². The van der Waals surface area contributed by atoms with Gasteiger partial charge in [-0.3, -0.25) is 9.59 Å². The highest BCUT2D eigenvalue weighted by Gasteiger charge is 2.78. The van der Waals surface area contributed by atoms with Crippen molar-refractivity contribution in [1.82, 2.24) is 0 Å². The number of hydrogen-bond acceptors (Lipinski definition) is 6. The van der Waals surface area contributed by atoms with Crippen molar-refractivity contribution in [3.63, 3.8) is 0 Å². The van der Waals surface area contributed by atoms with E-state index in [0.29, 0.717) is 25.7 Å². The predicted octanol–water partition coefficient (Wildman–Crippen LogP) is 4.38. The Morgan fingerprint density at radius 2 is 1.62 bits per heavy atom. The summed E-state index contributed by atoms with van der Waals surface area (Å²) < 4.78 is 6.59. The smallest absolute Gasteiger partial charge is 0.170 e. The van der Waals surface area contributed by atoms with E-state index >= 15 is 0 Å². The Hall–Kier alpha value is -1.08. The number of fused-ring (bicyclic) bond motifs is 5. The second-order valence-electron chi connectivity index (χ2n) is 15.4. The zero-order valence-electron chi connectivity index (χ0n) is 24.3. The fourth-order valence-corrected chi connectivity index (χ4v) is 10.5. The Labute approximate surface area is 222 Å². The highest BCUT2D eigenvalue weighted by atomic mass is 16.5. The molecule has 5 rings (SSSR count). The fourth-order valence-electron chi connectivity index (χ4n) is 10.5. The summed E-state index contributed by atoms with van der Waals surface area (Å²) in [5, 5.41) is 33.3. The normalized spacial score (nSPS) is 53.4. The van der Waals surface area contributed by atoms with Crippen LogP contribution in [0.2, 0.25) is 0 Å². The molecule has 10 atom stereocenters. The molecule has 0 aromatic heterocycles. The van der Waals surface area contributed by atoms with E-state index in [0.717, 1.165) is 12.0 Å². The zero-order valence-corrected chi connectivity index (χ0v) is 24.3. The van der Waals surface area contributed by atoms with Gasteiger partial charge in [-0.25, -0.2) is 0 Å². The molecule has 4 fully saturated rings. The molecule has 0 bridgehead atoms. The van der Waals surface area contributed by atoms with Gasteiger partial charge in [0.05, 0.1) is 23.4 Å². The molecule has 3 saturated carbocycles. The first kappa shape index (κ1) is 27.5. The monoisotopic (exact) mass is 516 g/mol. The largest absolute Gasteiger partial charge is 0.393 e. The molecule has 1 unspecified atom stereocenters. The molecule has 6 heteroatoms. The SMILES string of the molecule is CC1(C)C(=O)[C@@H](O)C[C@@H]2C1=CC[C@@]1(C)[C@]3(C)C[C@@H](O)[C@H]([C@]4(C)CCC(C(C)(C)O)O4)[C@@]3(C)CC(=O)[C@@]21C. The number of ketones is 2. The van der Waals surface area contributed by atoms with Crippen LogP contribution >= 0.6 is 0 Å². The number of hydrogen-bond donors (Lipinski definition) is 3. The molecule has 0 radical (unpaired) electrons. The Morgan fingerprint density at radius 1 is 1.00 bits per heavy atom. The van der Waals surface area contributed by atoms with Crippen LogP contribution in [0.4, 0.5) is 0 Å². The Morgan fingerprint density at radius 3 is 2.19 bits per heavy atom. The number of aliphatic hydroxyl groups excluding tert-OH is 2. The van der Waals surface area contributed by atoms with E-state index in [2.05, 4.69) is 40.7 Å². The van der Waals surface area contributed by atoms with Crippen molar-refractivity contribution in [2.75, 3.05) is 0 Å². The minimum atomic E-state index is -1.07. The number of rotatable bonds is 2. The number of ether oxygens (including phenoxy) is 1. The van der Waals surface area contributed by atoms with Crippen LogP contribution in [0.1, 0.15) is 101 Å². The van der Waals surface area contributed by atoms with E-state index in [1.54, 1.807) is 13.8 Å². The van der Waals surface area contributed by atoms with Crippen molar-refractivity contribution in [2.45, 2.75) is 130 Å². The number of carbonyl (C=O) groups is 2. The van der Waals surface area contributed by atoms with Crippen molar-refractivity contribution < 1.29 is 29.6 Å². The van der Waals surface area contributed by atoms with E-state index in [-0.39, 0.29) is 41.3 Å². The molecule has 6 nitrogen and oxygen atoms in total. The summed E-state index contributed by atoms with van der Waals surface area (Å²) in [4.78, 5) is 27.5. The molecule has 0 amide bonds. The summed E-state index contributed by atoms with van der Waals surface area (Å²) in [6.45, 7) is 18.1. The topological polar surface area (TPSA) is 104 Å². The quantitative estimate of drug-likeness (QED) is 0.471. The molecule has 208 valence electrons. The van der Waals surface area contributed by atoms with Gasteiger partial charge in [-0.1, -0.05) is 39.3 Å². The third-order valence-electron chi connectivity index (χ3n) is 13.1. The van der Waals surface area contributed by atoms with E-state index in [4.69, 9.17) is 4.74 Å². The summed E-state index contributed by atoms with van der Waals surface area (Å²) in [6, 6.07) is 0. The van der Waals surface area contributed by atoms with E-state index < -0.39 is 45.1 Å². The Balaban J connectivity index is 1.62. The van der Waals surface area contributed by atoms with Gasteiger partial charge in [-0.15, -0.1) is 0 Å². The second kappa shape index (κ2) is 7.56. The second-order valence-corrected chi connectivity index (χ2v) is 15.4. The molecule has 1 aliphatic heterocycles. The van der Waals surface area contributed by atoms with Crippen LogP contribution in [0, 0.1) is 38.9 Å². The lowest BCUT2D eigenvalue weighted by molar-refractivity contribution is -0.218. The van der Waals surface area contributed by atoms with Gasteiger partial charge in [0.2, 0.25) is 0 Å². The van der Waals surface area contributed by atoms with Gasteiger partial charge < -0.3 is 20.1 Å². The zero-order chi connectivity index (χ0) is 27.8. The maximum Gasteiger partial charge on any atom is 0.170 e. The molecule has 0 spiro atoms. The summed E-state index contributed by atoms with van der Waals surface area (Å²) in [5.41, 5.74) is -3.56. The first-order valence-corrected chi connectivity index (χ1v) is 14.3. The molecule has 1 heterocycles. The fraction of sp³-hybridized carbons (Fsp3) is 0.871. The van der Waals surface area contributed by atoms with Crippen LogP contribution in [-0.2, 0) is 14.3 Å². The van der Waals surface area contributed by atoms with Gasteiger partial charge in [-0.2, -0.15) is 0 Å². The standard InChI is InChI=1S/C31H48O6/c1-25(2)17-10-13-29(7)30(8)15-20(33)23(28(6)12-11-22(37-28)26(3,4)36)27(30,5)16-21(34)31(29,9)18(17)14-19(32)24(25)35/h10,18-20,22-23,32-33,36H,11-16H2,1-9H3/t18-,19+,20-,22?,23+,27-,28+,29+,30-,31-/m1/s1.